The van der Waals surface area contributed by atoms with Gasteiger partial charge in [0.1, 0.15) is 0 Å². The molecule has 0 aliphatic rings. The molecule has 9 heteroatoms. The zero-order valence-electron chi connectivity index (χ0n) is 17.2. The maximum absolute atomic E-state index is 13.2. The molecule has 5 nitrogen and oxygen atoms in total. The van der Waals surface area contributed by atoms with Crippen molar-refractivity contribution < 1.29 is 13.2 Å². The number of fused-ring (bicyclic) bond motifs is 3. The van der Waals surface area contributed by atoms with Gasteiger partial charge in [0.25, 0.3) is 5.56 Å². The van der Waals surface area contributed by atoms with Gasteiger partial charge in [-0.25, -0.2) is 0 Å². The predicted molar refractivity (Wildman–Crippen MR) is 121 cm³/mol. The zero-order valence-corrected chi connectivity index (χ0v) is 18.0. The Morgan fingerprint density at radius 2 is 1.58 bits per heavy atom. The summed E-state index contributed by atoms with van der Waals surface area (Å²) in [4.78, 5) is 13.2. The first kappa shape index (κ1) is 21.3. The van der Waals surface area contributed by atoms with E-state index in [1.165, 1.54) is 17.8 Å². The lowest BCUT2D eigenvalue weighted by molar-refractivity contribution is -0.137. The largest absolute Gasteiger partial charge is 0.416 e. The van der Waals surface area contributed by atoms with E-state index in [0.717, 1.165) is 17.7 Å². The first-order chi connectivity index (χ1) is 15.9. The number of benzene rings is 3. The van der Waals surface area contributed by atoms with E-state index in [4.69, 9.17) is 0 Å². The van der Waals surface area contributed by atoms with Gasteiger partial charge in [-0.2, -0.15) is 13.2 Å². The Morgan fingerprint density at radius 1 is 0.848 bits per heavy atom. The molecular weight excluding hydrogens is 449 g/mol. The summed E-state index contributed by atoms with van der Waals surface area (Å²) < 4.78 is 42.5. The maximum Gasteiger partial charge on any atom is 0.416 e. The van der Waals surface area contributed by atoms with Crippen molar-refractivity contribution in [1.82, 2.24) is 19.2 Å². The summed E-state index contributed by atoms with van der Waals surface area (Å²) >= 11 is 1.27. The third-order valence-electron chi connectivity index (χ3n) is 5.28. The molecule has 3 aromatic carbocycles. The molecule has 0 N–H and O–H groups in total. The first-order valence-electron chi connectivity index (χ1n) is 10.1. The smallest absolute Gasteiger partial charge is 0.272 e. The molecule has 2 heterocycles. The monoisotopic (exact) mass is 466 g/mol. The van der Waals surface area contributed by atoms with Gasteiger partial charge in [-0.05, 0) is 29.3 Å². The number of rotatable bonds is 5. The summed E-state index contributed by atoms with van der Waals surface area (Å²) in [6.07, 6.45) is -4.40. The van der Waals surface area contributed by atoms with Crippen LogP contribution in [0, 0.1) is 0 Å². The molecule has 0 unspecified atom stereocenters. The van der Waals surface area contributed by atoms with E-state index >= 15 is 0 Å². The molecule has 0 bridgehead atoms. The van der Waals surface area contributed by atoms with Crippen LogP contribution < -0.4 is 5.56 Å². The number of thioether (sulfide) groups is 1. The molecule has 0 aliphatic heterocycles. The second kappa shape index (κ2) is 8.40. The minimum atomic E-state index is -4.40. The number of hydrogen-bond acceptors (Lipinski definition) is 4. The van der Waals surface area contributed by atoms with Crippen molar-refractivity contribution in [2.24, 2.45) is 0 Å². The van der Waals surface area contributed by atoms with Gasteiger partial charge in [0.2, 0.25) is 5.78 Å². The molecule has 0 saturated heterocycles. The molecule has 0 aliphatic carbocycles. The fraction of sp³-hybridized carbons (Fsp3) is 0.125. The molecule has 0 amide bonds. The Bertz CT molecular complexity index is 1510. The van der Waals surface area contributed by atoms with Crippen LogP contribution in [0.25, 0.3) is 16.7 Å². The normalized spacial score (nSPS) is 12.0. The van der Waals surface area contributed by atoms with Crippen LogP contribution in [0.4, 0.5) is 13.2 Å². The highest BCUT2D eigenvalue weighted by molar-refractivity contribution is 7.98. The molecule has 0 spiro atoms. The molecule has 0 radical (unpaired) electrons. The van der Waals surface area contributed by atoms with Crippen molar-refractivity contribution in [3.63, 3.8) is 0 Å². The Balaban J connectivity index is 1.58. The van der Waals surface area contributed by atoms with Crippen LogP contribution in [0.5, 0.6) is 0 Å². The quantitative estimate of drug-likeness (QED) is 0.325. The molecule has 5 aromatic rings. The van der Waals surface area contributed by atoms with Gasteiger partial charge in [-0.1, -0.05) is 72.4 Å². The lowest BCUT2D eigenvalue weighted by Crippen LogP contribution is -2.24. The minimum absolute atomic E-state index is 0.177. The third-order valence-corrected chi connectivity index (χ3v) is 6.28. The van der Waals surface area contributed by atoms with E-state index in [-0.39, 0.29) is 11.3 Å². The summed E-state index contributed by atoms with van der Waals surface area (Å²) in [6, 6.07) is 22.0. The molecule has 5 rings (SSSR count). The van der Waals surface area contributed by atoms with Gasteiger partial charge in [0.15, 0.2) is 5.16 Å². The molecular formula is C24H17F3N4OS. The van der Waals surface area contributed by atoms with Crippen LogP contribution in [0.15, 0.2) is 88.8 Å². The summed E-state index contributed by atoms with van der Waals surface area (Å²) in [5, 5.41) is 9.55. The van der Waals surface area contributed by atoms with E-state index < -0.39 is 11.7 Å². The second-order valence-electron chi connectivity index (χ2n) is 7.50. The third kappa shape index (κ3) is 4.11. The number of nitrogens with zero attached hydrogens (tertiary/aromatic N) is 4. The van der Waals surface area contributed by atoms with Crippen LogP contribution in [0.2, 0.25) is 0 Å². The van der Waals surface area contributed by atoms with E-state index in [1.54, 1.807) is 27.2 Å². The average Bonchev–Trinajstić information content (AvgIpc) is 3.25. The van der Waals surface area contributed by atoms with Gasteiger partial charge in [-0.3, -0.25) is 13.8 Å². The van der Waals surface area contributed by atoms with Crippen molar-refractivity contribution in [3.8, 4) is 0 Å². The SMILES string of the molecule is O=c1c2ccccc2n2c(SCc3cccc(C(F)(F)F)c3)nnc2n1Cc1ccccc1. The lowest BCUT2D eigenvalue weighted by Gasteiger charge is -2.11. The maximum atomic E-state index is 13.2. The Hall–Kier alpha value is -3.59. The lowest BCUT2D eigenvalue weighted by atomic mass is 10.1. The van der Waals surface area contributed by atoms with Crippen molar-refractivity contribution >= 4 is 28.4 Å². The van der Waals surface area contributed by atoms with Gasteiger partial charge in [0, 0.05) is 5.75 Å². The van der Waals surface area contributed by atoms with E-state index in [1.807, 2.05) is 42.5 Å². The van der Waals surface area contributed by atoms with Gasteiger partial charge in [0.05, 0.1) is 23.0 Å². The van der Waals surface area contributed by atoms with Gasteiger partial charge < -0.3 is 0 Å². The fourth-order valence-corrected chi connectivity index (χ4v) is 4.60. The Morgan fingerprint density at radius 3 is 2.36 bits per heavy atom. The average molecular weight is 466 g/mol. The zero-order chi connectivity index (χ0) is 23.0. The van der Waals surface area contributed by atoms with Crippen molar-refractivity contribution in [2.75, 3.05) is 0 Å². The molecule has 166 valence electrons. The molecule has 33 heavy (non-hydrogen) atoms. The van der Waals surface area contributed by atoms with Crippen LogP contribution in [-0.4, -0.2) is 19.2 Å². The Labute approximate surface area is 190 Å². The molecule has 2 aromatic heterocycles. The van der Waals surface area contributed by atoms with E-state index in [2.05, 4.69) is 10.2 Å². The molecule has 0 saturated carbocycles. The van der Waals surface area contributed by atoms with Crippen molar-refractivity contribution in [2.45, 2.75) is 23.6 Å². The minimum Gasteiger partial charge on any atom is -0.272 e. The van der Waals surface area contributed by atoms with Crippen molar-refractivity contribution in [1.29, 1.82) is 0 Å². The summed E-state index contributed by atoms with van der Waals surface area (Å²) in [7, 11) is 0. The van der Waals surface area contributed by atoms with Crippen LogP contribution in [-0.2, 0) is 18.5 Å². The predicted octanol–water partition coefficient (Wildman–Crippen LogP) is 5.40. The fourth-order valence-electron chi connectivity index (χ4n) is 3.72. The van der Waals surface area contributed by atoms with Crippen molar-refractivity contribution in [3.05, 3.63) is 106 Å². The number of halogens is 3. The van der Waals surface area contributed by atoms with Crippen LogP contribution in [0.3, 0.4) is 0 Å². The molecule has 0 fully saturated rings. The van der Waals surface area contributed by atoms with E-state index in [9.17, 15) is 18.0 Å². The van der Waals surface area contributed by atoms with Crippen LogP contribution >= 0.6 is 11.8 Å². The standard InChI is InChI=1S/C24H17F3N4OS/c25-24(26,27)18-10-6-9-17(13-18)15-33-23-29-28-22-30(14-16-7-2-1-3-8-16)21(32)19-11-4-5-12-20(19)31(22)23/h1-13H,14-15H2. The van der Waals surface area contributed by atoms with Crippen LogP contribution in [0.1, 0.15) is 16.7 Å². The summed E-state index contributed by atoms with van der Waals surface area (Å²) in [6.45, 7) is 0.324. The number of aromatic nitrogens is 4. The van der Waals surface area contributed by atoms with Gasteiger partial charge >= 0.3 is 6.18 Å². The number of hydrogen-bond donors (Lipinski definition) is 0. The van der Waals surface area contributed by atoms with E-state index in [0.29, 0.717) is 33.9 Å². The summed E-state index contributed by atoms with van der Waals surface area (Å²) in [5.74, 6) is 0.658. The highest BCUT2D eigenvalue weighted by atomic mass is 32.2. The number of para-hydroxylation sites is 1. The highest BCUT2D eigenvalue weighted by Crippen LogP contribution is 2.31. The number of alkyl halides is 3. The molecule has 0 atom stereocenters. The second-order valence-corrected chi connectivity index (χ2v) is 8.44. The Kier molecular flexibility index (Phi) is 5.41. The summed E-state index contributed by atoms with van der Waals surface area (Å²) in [5.41, 5.74) is 1.25. The highest BCUT2D eigenvalue weighted by Gasteiger charge is 2.30. The van der Waals surface area contributed by atoms with Gasteiger partial charge in [-0.15, -0.1) is 10.2 Å². The first-order valence-corrected chi connectivity index (χ1v) is 11.1. The topological polar surface area (TPSA) is 52.2 Å².